The van der Waals surface area contributed by atoms with Gasteiger partial charge >= 0.3 is 0 Å². The fraction of sp³-hybridized carbons (Fsp3) is 0.588. The van der Waals surface area contributed by atoms with E-state index in [-0.39, 0.29) is 18.8 Å². The van der Waals surface area contributed by atoms with Crippen molar-refractivity contribution in [3.63, 3.8) is 0 Å². The van der Waals surface area contributed by atoms with Gasteiger partial charge in [-0.3, -0.25) is 15.1 Å². The third kappa shape index (κ3) is 8.90. The maximum atomic E-state index is 10.6. The van der Waals surface area contributed by atoms with Gasteiger partial charge < -0.3 is 20.5 Å². The number of hydrogen-bond donors (Lipinski definition) is 3. The van der Waals surface area contributed by atoms with E-state index in [0.29, 0.717) is 11.7 Å². The van der Waals surface area contributed by atoms with Crippen LogP contribution in [0.2, 0.25) is 0 Å². The molecule has 1 atom stereocenters. The van der Waals surface area contributed by atoms with Crippen molar-refractivity contribution in [2.75, 3.05) is 26.2 Å². The van der Waals surface area contributed by atoms with Crippen LogP contribution in [0.4, 0.5) is 5.69 Å². The number of non-ortho nitro benzene ring substituents is 1. The second kappa shape index (κ2) is 12.1. The summed E-state index contributed by atoms with van der Waals surface area (Å²) in [6.07, 6.45) is 2.64. The lowest BCUT2D eigenvalue weighted by Crippen LogP contribution is -2.38. The molecule has 3 N–H and O–H groups in total. The van der Waals surface area contributed by atoms with Crippen molar-refractivity contribution in [2.45, 2.75) is 39.2 Å². The molecule has 0 radical (unpaired) electrons. The minimum Gasteiger partial charge on any atom is -0.491 e. The SMILES string of the molecule is CCCCCNC(=NCC(O)COc1ccc([N+](=O)[O-])cc1)NCC. The Balaban J connectivity index is 2.39. The molecule has 0 aliphatic rings. The van der Waals surface area contributed by atoms with Crippen molar-refractivity contribution in [1.29, 1.82) is 0 Å². The monoisotopic (exact) mass is 352 g/mol. The van der Waals surface area contributed by atoms with Crippen molar-refractivity contribution >= 4 is 11.6 Å². The normalized spacial score (nSPS) is 12.5. The predicted molar refractivity (Wildman–Crippen MR) is 98.1 cm³/mol. The Morgan fingerprint density at radius 1 is 1.28 bits per heavy atom. The number of rotatable bonds is 11. The molecule has 0 aliphatic carbocycles. The first-order valence-electron chi connectivity index (χ1n) is 8.64. The van der Waals surface area contributed by atoms with Crippen molar-refractivity contribution in [3.8, 4) is 5.75 Å². The van der Waals surface area contributed by atoms with Crippen molar-refractivity contribution in [2.24, 2.45) is 4.99 Å². The highest BCUT2D eigenvalue weighted by atomic mass is 16.6. The van der Waals surface area contributed by atoms with Crippen LogP contribution in [0, 0.1) is 10.1 Å². The third-order valence-electron chi connectivity index (χ3n) is 3.37. The van der Waals surface area contributed by atoms with Crippen molar-refractivity contribution < 1.29 is 14.8 Å². The molecule has 8 heteroatoms. The van der Waals surface area contributed by atoms with Crippen LogP contribution in [0.3, 0.4) is 0 Å². The van der Waals surface area contributed by atoms with Gasteiger partial charge in [-0.05, 0) is 25.5 Å². The fourth-order valence-corrected chi connectivity index (χ4v) is 2.03. The first-order chi connectivity index (χ1) is 12.1. The fourth-order valence-electron chi connectivity index (χ4n) is 2.03. The van der Waals surface area contributed by atoms with E-state index in [0.717, 1.165) is 32.4 Å². The van der Waals surface area contributed by atoms with Crippen LogP contribution < -0.4 is 15.4 Å². The zero-order valence-corrected chi connectivity index (χ0v) is 14.9. The van der Waals surface area contributed by atoms with Crippen molar-refractivity contribution in [1.82, 2.24) is 10.6 Å². The van der Waals surface area contributed by atoms with Gasteiger partial charge in [0.15, 0.2) is 5.96 Å². The molecule has 1 unspecified atom stereocenters. The molecule has 0 fully saturated rings. The summed E-state index contributed by atoms with van der Waals surface area (Å²) >= 11 is 0. The summed E-state index contributed by atoms with van der Waals surface area (Å²) in [7, 11) is 0. The molecule has 0 bridgehead atoms. The van der Waals surface area contributed by atoms with Gasteiger partial charge in [0.25, 0.3) is 5.69 Å². The van der Waals surface area contributed by atoms with Crippen LogP contribution in [-0.4, -0.2) is 48.3 Å². The lowest BCUT2D eigenvalue weighted by atomic mass is 10.2. The Hall–Kier alpha value is -2.35. The number of nitro benzene ring substituents is 1. The molecule has 1 aromatic carbocycles. The van der Waals surface area contributed by atoms with E-state index in [4.69, 9.17) is 4.74 Å². The second-order valence-electron chi connectivity index (χ2n) is 5.57. The standard InChI is InChI=1S/C17H28N4O4/c1-3-5-6-11-19-17(18-4-2)20-12-15(22)13-25-16-9-7-14(8-10-16)21(23)24/h7-10,15,22H,3-6,11-13H2,1-2H3,(H2,18,19,20). The van der Waals surface area contributed by atoms with E-state index < -0.39 is 11.0 Å². The number of aliphatic imine (C=N–C) groups is 1. The summed E-state index contributed by atoms with van der Waals surface area (Å²) in [5.41, 5.74) is 0.00178. The molecule has 0 aliphatic heterocycles. The third-order valence-corrected chi connectivity index (χ3v) is 3.37. The van der Waals surface area contributed by atoms with Gasteiger partial charge in [0, 0.05) is 25.2 Å². The molecule has 1 rings (SSSR count). The van der Waals surface area contributed by atoms with Gasteiger partial charge in [0.1, 0.15) is 18.5 Å². The average Bonchev–Trinajstić information content (AvgIpc) is 2.61. The maximum absolute atomic E-state index is 10.6. The van der Waals surface area contributed by atoms with Gasteiger partial charge in [-0.1, -0.05) is 19.8 Å². The Kier molecular flexibility index (Phi) is 10.00. The Labute approximate surface area is 148 Å². The highest BCUT2D eigenvalue weighted by Gasteiger charge is 2.08. The first kappa shape index (κ1) is 20.7. The van der Waals surface area contributed by atoms with Crippen LogP contribution in [0.25, 0.3) is 0 Å². The number of nitrogens with zero attached hydrogens (tertiary/aromatic N) is 2. The second-order valence-corrected chi connectivity index (χ2v) is 5.57. The van der Waals surface area contributed by atoms with Crippen LogP contribution in [0.1, 0.15) is 33.1 Å². The summed E-state index contributed by atoms with van der Waals surface area (Å²) in [4.78, 5) is 14.5. The maximum Gasteiger partial charge on any atom is 0.269 e. The number of aliphatic hydroxyl groups is 1. The topological polar surface area (TPSA) is 109 Å². The Morgan fingerprint density at radius 3 is 2.60 bits per heavy atom. The van der Waals surface area contributed by atoms with Gasteiger partial charge in [0.05, 0.1) is 11.5 Å². The summed E-state index contributed by atoms with van der Waals surface area (Å²) in [6, 6.07) is 5.74. The largest absolute Gasteiger partial charge is 0.491 e. The van der Waals surface area contributed by atoms with Crippen LogP contribution in [-0.2, 0) is 0 Å². The minimum absolute atomic E-state index is 0.00178. The summed E-state index contributed by atoms with van der Waals surface area (Å²) in [5, 5.41) is 26.9. The molecule has 1 aromatic rings. The highest BCUT2D eigenvalue weighted by Crippen LogP contribution is 2.17. The molecule has 8 nitrogen and oxygen atoms in total. The number of nitro groups is 1. The lowest BCUT2D eigenvalue weighted by Gasteiger charge is -2.13. The zero-order chi connectivity index (χ0) is 18.5. The smallest absolute Gasteiger partial charge is 0.269 e. The Morgan fingerprint density at radius 2 is 2.00 bits per heavy atom. The number of unbranched alkanes of at least 4 members (excludes halogenated alkanes) is 2. The van der Waals surface area contributed by atoms with Crippen molar-refractivity contribution in [3.05, 3.63) is 34.4 Å². The number of nitrogens with one attached hydrogen (secondary N) is 2. The van der Waals surface area contributed by atoms with Gasteiger partial charge in [-0.25, -0.2) is 0 Å². The van der Waals surface area contributed by atoms with Gasteiger partial charge in [-0.15, -0.1) is 0 Å². The Bertz CT molecular complexity index is 534. The van der Waals surface area contributed by atoms with Crippen LogP contribution >= 0.6 is 0 Å². The number of aliphatic hydroxyl groups excluding tert-OH is 1. The molecular formula is C17H28N4O4. The molecule has 0 spiro atoms. The molecule has 140 valence electrons. The summed E-state index contributed by atoms with van der Waals surface area (Å²) < 4.78 is 5.43. The van der Waals surface area contributed by atoms with E-state index in [9.17, 15) is 15.2 Å². The molecular weight excluding hydrogens is 324 g/mol. The van der Waals surface area contributed by atoms with Crippen LogP contribution in [0.15, 0.2) is 29.3 Å². The molecule has 0 amide bonds. The van der Waals surface area contributed by atoms with E-state index in [2.05, 4.69) is 22.5 Å². The predicted octanol–water partition coefficient (Wildman–Crippen LogP) is 2.08. The number of hydrogen-bond acceptors (Lipinski definition) is 5. The van der Waals surface area contributed by atoms with E-state index in [1.165, 1.54) is 24.3 Å². The van der Waals surface area contributed by atoms with E-state index >= 15 is 0 Å². The first-order valence-corrected chi connectivity index (χ1v) is 8.64. The van der Waals surface area contributed by atoms with E-state index in [1.807, 2.05) is 6.92 Å². The molecule has 0 aromatic heterocycles. The zero-order valence-electron chi connectivity index (χ0n) is 14.9. The summed E-state index contributed by atoms with van der Waals surface area (Å²) in [6.45, 7) is 5.99. The molecule has 25 heavy (non-hydrogen) atoms. The summed E-state index contributed by atoms with van der Waals surface area (Å²) in [5.74, 6) is 1.14. The minimum atomic E-state index is -0.763. The number of benzene rings is 1. The molecule has 0 heterocycles. The average molecular weight is 352 g/mol. The lowest BCUT2D eigenvalue weighted by molar-refractivity contribution is -0.384. The number of ether oxygens (including phenoxy) is 1. The van der Waals surface area contributed by atoms with Gasteiger partial charge in [0.2, 0.25) is 0 Å². The van der Waals surface area contributed by atoms with E-state index in [1.54, 1.807) is 0 Å². The number of guanidine groups is 1. The molecule has 0 saturated heterocycles. The highest BCUT2D eigenvalue weighted by molar-refractivity contribution is 5.79. The van der Waals surface area contributed by atoms with Crippen LogP contribution in [0.5, 0.6) is 5.75 Å². The molecule has 0 saturated carbocycles. The quantitative estimate of drug-likeness (QED) is 0.185. The van der Waals surface area contributed by atoms with Gasteiger partial charge in [-0.2, -0.15) is 0 Å².